The van der Waals surface area contributed by atoms with Crippen molar-refractivity contribution in [2.24, 2.45) is 5.92 Å². The second-order valence-corrected chi connectivity index (χ2v) is 4.17. The monoisotopic (exact) mass is 234 g/mol. The molecule has 3 unspecified atom stereocenters. The fourth-order valence-electron chi connectivity index (χ4n) is 2.61. The molecule has 5 heteroatoms. The van der Waals surface area contributed by atoms with Crippen molar-refractivity contribution in [1.82, 2.24) is 0 Å². The summed E-state index contributed by atoms with van der Waals surface area (Å²) in [4.78, 5) is 11.2. The van der Waals surface area contributed by atoms with Crippen LogP contribution in [-0.4, -0.2) is 24.3 Å². The van der Waals surface area contributed by atoms with Gasteiger partial charge in [-0.25, -0.2) is 4.79 Å². The van der Waals surface area contributed by atoms with Crippen molar-refractivity contribution < 1.29 is 70.8 Å². The molecule has 0 amide bonds. The first-order chi connectivity index (χ1) is 6.68. The predicted molar refractivity (Wildman–Crippen MR) is 44.0 cm³/mol. The van der Waals surface area contributed by atoms with Gasteiger partial charge in [0.05, 0.1) is 18.3 Å². The Morgan fingerprint density at radius 2 is 2.47 bits per heavy atom. The second kappa shape index (κ2) is 3.82. The van der Waals surface area contributed by atoms with Crippen molar-refractivity contribution in [3.63, 3.8) is 0 Å². The van der Waals surface area contributed by atoms with E-state index in [0.717, 1.165) is 6.42 Å². The Balaban J connectivity index is 0.000000853. The molecule has 2 heterocycles. The van der Waals surface area contributed by atoms with Gasteiger partial charge in [0.1, 0.15) is 0 Å². The van der Waals surface area contributed by atoms with Gasteiger partial charge in [0.25, 0.3) is 0 Å². The van der Waals surface area contributed by atoms with Crippen LogP contribution in [0.3, 0.4) is 0 Å². The number of rotatable bonds is 2. The van der Waals surface area contributed by atoms with E-state index in [1.54, 1.807) is 6.92 Å². The van der Waals surface area contributed by atoms with Gasteiger partial charge in [-0.3, -0.25) is 0 Å². The van der Waals surface area contributed by atoms with Crippen LogP contribution < -0.4 is 56.5 Å². The third kappa shape index (κ3) is 1.56. The summed E-state index contributed by atoms with van der Waals surface area (Å²) < 4.78 is 10.2. The molecule has 2 aliphatic heterocycles. The molecule has 3 atom stereocenters. The molecule has 0 radical (unpaired) electrons. The van der Waals surface area contributed by atoms with E-state index >= 15 is 0 Å². The van der Waals surface area contributed by atoms with Gasteiger partial charge in [0, 0.05) is 12.3 Å². The largest absolute Gasteiger partial charge is 1.00 e. The Labute approximate surface area is 130 Å². The van der Waals surface area contributed by atoms with Gasteiger partial charge in [-0.15, -0.1) is 0 Å². The van der Waals surface area contributed by atoms with Crippen molar-refractivity contribution in [2.45, 2.75) is 31.5 Å². The Kier molecular flexibility index (Phi) is 3.07. The van der Waals surface area contributed by atoms with Gasteiger partial charge in [-0.2, -0.15) is 0 Å². The van der Waals surface area contributed by atoms with Gasteiger partial charge in [-0.1, -0.05) is 0 Å². The molecule has 0 aromatic heterocycles. The van der Waals surface area contributed by atoms with Gasteiger partial charge < -0.3 is 14.6 Å². The molecule has 15 heavy (non-hydrogen) atoms. The molecule has 0 N–H and O–H groups in total. The molecule has 2 aliphatic carbocycles. The van der Waals surface area contributed by atoms with E-state index < -0.39 is 11.7 Å². The van der Waals surface area contributed by atoms with E-state index in [4.69, 9.17) is 4.74 Å². The first kappa shape index (κ1) is 12.1. The molecule has 2 saturated heterocycles. The number of esters is 1. The summed E-state index contributed by atoms with van der Waals surface area (Å²) in [6.45, 7) is 1.94. The third-order valence-electron chi connectivity index (χ3n) is 3.39. The van der Waals surface area contributed by atoms with E-state index in [9.17, 15) is 9.90 Å². The van der Waals surface area contributed by atoms with Gasteiger partial charge >= 0.3 is 57.4 Å². The fourth-order valence-corrected chi connectivity index (χ4v) is 2.61. The third-order valence-corrected chi connectivity index (χ3v) is 3.39. The molecule has 2 bridgehead atoms. The van der Waals surface area contributed by atoms with Crippen molar-refractivity contribution in [3.05, 3.63) is 11.3 Å². The van der Waals surface area contributed by atoms with E-state index in [1.165, 1.54) is 0 Å². The standard InChI is InChI=1S/C10H12O4.K/c1-2-13-9(12)7(11)5-3-10-4-6(10)8(5)14-10;/h6,8,11H,2-4H2,1H3;/q;+1/p-1. The van der Waals surface area contributed by atoms with Crippen LogP contribution in [0.15, 0.2) is 11.3 Å². The van der Waals surface area contributed by atoms with E-state index in [-0.39, 0.29) is 69.7 Å². The van der Waals surface area contributed by atoms with Crippen molar-refractivity contribution in [1.29, 1.82) is 0 Å². The molecule has 76 valence electrons. The van der Waals surface area contributed by atoms with Crippen LogP contribution in [0.5, 0.6) is 0 Å². The number of hydrogen-bond acceptors (Lipinski definition) is 4. The summed E-state index contributed by atoms with van der Waals surface area (Å²) in [6.07, 6.45) is 1.66. The smallest absolute Gasteiger partial charge is 0.868 e. The first-order valence-electron chi connectivity index (χ1n) is 4.93. The molecule has 4 aliphatic rings. The molecule has 4 rings (SSSR count). The molecule has 2 saturated carbocycles. The minimum atomic E-state index is -0.727. The molecule has 4 nitrogen and oxygen atoms in total. The summed E-state index contributed by atoms with van der Waals surface area (Å²) in [5.74, 6) is -0.675. The molecular formula is C10H11KO4. The zero-order valence-electron chi connectivity index (χ0n) is 8.91. The maximum Gasteiger partial charge on any atom is 1.00 e. The quantitative estimate of drug-likeness (QED) is 0.218. The number of carbonyl (C=O) groups excluding carboxylic acids is 1. The number of ether oxygens (including phenoxy) is 2. The van der Waals surface area contributed by atoms with Crippen molar-refractivity contribution in [3.8, 4) is 0 Å². The molecule has 0 aromatic carbocycles. The summed E-state index contributed by atoms with van der Waals surface area (Å²) in [6, 6.07) is 0. The Bertz CT molecular complexity index is 351. The summed E-state index contributed by atoms with van der Waals surface area (Å²) in [7, 11) is 0. The normalized spacial score (nSPS) is 42.2. The Morgan fingerprint density at radius 1 is 1.73 bits per heavy atom. The van der Waals surface area contributed by atoms with Crippen molar-refractivity contribution in [2.75, 3.05) is 6.61 Å². The molecular weight excluding hydrogens is 223 g/mol. The zero-order valence-corrected chi connectivity index (χ0v) is 12.0. The minimum absolute atomic E-state index is 0. The van der Waals surface area contributed by atoms with Gasteiger partial charge in [0.2, 0.25) is 0 Å². The molecule has 0 aromatic rings. The van der Waals surface area contributed by atoms with Crippen LogP contribution in [0, 0.1) is 5.92 Å². The van der Waals surface area contributed by atoms with Crippen LogP contribution in [0.1, 0.15) is 19.8 Å². The number of fused-ring (bicyclic) bond motifs is 1. The second-order valence-electron chi connectivity index (χ2n) is 4.17. The molecule has 4 fully saturated rings. The summed E-state index contributed by atoms with van der Waals surface area (Å²) >= 11 is 0. The Morgan fingerprint density at radius 3 is 2.93 bits per heavy atom. The van der Waals surface area contributed by atoms with Crippen LogP contribution in [0.4, 0.5) is 0 Å². The van der Waals surface area contributed by atoms with E-state index in [0.29, 0.717) is 17.9 Å². The minimum Gasteiger partial charge on any atom is -0.868 e. The maximum absolute atomic E-state index is 11.5. The van der Waals surface area contributed by atoms with Crippen molar-refractivity contribution >= 4 is 5.97 Å². The van der Waals surface area contributed by atoms with Crippen LogP contribution in [-0.2, 0) is 14.3 Å². The van der Waals surface area contributed by atoms with Gasteiger partial charge in [-0.05, 0) is 24.7 Å². The van der Waals surface area contributed by atoms with Crippen LogP contribution in [0.25, 0.3) is 0 Å². The summed E-state index contributed by atoms with van der Waals surface area (Å²) in [5.41, 5.74) is 0.613. The SMILES string of the molecule is CCOC(=O)C([O-])=C1CC23CC2C1O3.[K+]. The Hall–Kier alpha value is 0.606. The zero-order chi connectivity index (χ0) is 9.92. The van der Waals surface area contributed by atoms with E-state index in [1.807, 2.05) is 0 Å². The van der Waals surface area contributed by atoms with E-state index in [2.05, 4.69) is 4.74 Å². The summed E-state index contributed by atoms with van der Waals surface area (Å²) in [5, 5.41) is 11.5. The average molecular weight is 234 g/mol. The fraction of sp³-hybridized carbons (Fsp3) is 0.700. The van der Waals surface area contributed by atoms with Crippen LogP contribution in [0.2, 0.25) is 0 Å². The number of hydrogen-bond donors (Lipinski definition) is 0. The number of carbonyl (C=O) groups is 1. The predicted octanol–water partition coefficient (Wildman–Crippen LogP) is -3.27. The first-order valence-corrected chi connectivity index (χ1v) is 4.93. The average Bonchev–Trinajstić information content (AvgIpc) is 2.51. The van der Waals surface area contributed by atoms with Crippen LogP contribution >= 0.6 is 0 Å². The van der Waals surface area contributed by atoms with Gasteiger partial charge in [0.15, 0.2) is 0 Å². The maximum atomic E-state index is 11.5. The molecule has 1 spiro atoms. The topological polar surface area (TPSA) is 58.6 Å².